The van der Waals surface area contributed by atoms with Gasteiger partial charge in [-0.1, -0.05) is 78.4 Å². The van der Waals surface area contributed by atoms with Crippen LogP contribution in [-0.4, -0.2) is 55.1 Å². The van der Waals surface area contributed by atoms with Gasteiger partial charge in [0.05, 0.1) is 4.90 Å². The molecule has 3 aromatic rings. The number of aryl methyl sites for hydroxylation is 1. The second-order valence-corrected chi connectivity index (χ2v) is 12.2. The van der Waals surface area contributed by atoms with Crippen molar-refractivity contribution in [1.82, 2.24) is 14.5 Å². The molecule has 0 fully saturated rings. The van der Waals surface area contributed by atoms with Crippen LogP contribution in [0.4, 0.5) is 0 Å². The lowest BCUT2D eigenvalue weighted by Gasteiger charge is -2.32. The quantitative estimate of drug-likeness (QED) is 0.339. The zero-order valence-corrected chi connectivity index (χ0v) is 24.0. The first kappa shape index (κ1) is 30.1. The zero-order chi connectivity index (χ0) is 28.4. The number of sulfonamides is 1. The van der Waals surface area contributed by atoms with Crippen molar-refractivity contribution in [2.24, 2.45) is 0 Å². The van der Waals surface area contributed by atoms with E-state index in [1.54, 1.807) is 35.2 Å². The third-order valence-electron chi connectivity index (χ3n) is 6.49. The average Bonchev–Trinajstić information content (AvgIpc) is 2.92. The van der Waals surface area contributed by atoms with E-state index in [4.69, 9.17) is 0 Å². The molecule has 0 unspecified atom stereocenters. The fourth-order valence-corrected chi connectivity index (χ4v) is 5.54. The summed E-state index contributed by atoms with van der Waals surface area (Å²) in [5, 5.41) is 2.99. The first-order valence-electron chi connectivity index (χ1n) is 13.3. The molecule has 39 heavy (non-hydrogen) atoms. The van der Waals surface area contributed by atoms with E-state index in [0.717, 1.165) is 16.7 Å². The van der Waals surface area contributed by atoms with Crippen LogP contribution >= 0.6 is 0 Å². The van der Waals surface area contributed by atoms with E-state index in [9.17, 15) is 18.0 Å². The molecule has 0 saturated heterocycles. The van der Waals surface area contributed by atoms with Gasteiger partial charge in [0.25, 0.3) is 0 Å². The van der Waals surface area contributed by atoms with Gasteiger partial charge in [0.15, 0.2) is 0 Å². The van der Waals surface area contributed by atoms with Gasteiger partial charge in [-0.15, -0.1) is 0 Å². The Bertz CT molecular complexity index is 1310. The highest BCUT2D eigenvalue weighted by Gasteiger charge is 2.31. The Hall–Kier alpha value is -3.49. The minimum Gasteiger partial charge on any atom is -0.352 e. The third-order valence-corrected chi connectivity index (χ3v) is 8.36. The molecular formula is C31H39N3O4S. The Labute approximate surface area is 232 Å². The van der Waals surface area contributed by atoms with Crippen molar-refractivity contribution < 1.29 is 18.0 Å². The molecule has 3 aromatic carbocycles. The second-order valence-electron chi connectivity index (χ2n) is 10.1. The summed E-state index contributed by atoms with van der Waals surface area (Å²) in [4.78, 5) is 29.0. The van der Waals surface area contributed by atoms with Gasteiger partial charge in [0.2, 0.25) is 21.8 Å². The van der Waals surface area contributed by atoms with Crippen LogP contribution in [0.5, 0.6) is 0 Å². The minimum absolute atomic E-state index is 0.0797. The fourth-order valence-electron chi connectivity index (χ4n) is 4.31. The molecule has 1 N–H and O–H groups in total. The van der Waals surface area contributed by atoms with E-state index in [0.29, 0.717) is 12.8 Å². The van der Waals surface area contributed by atoms with Gasteiger partial charge in [0, 0.05) is 39.0 Å². The summed E-state index contributed by atoms with van der Waals surface area (Å²) in [6, 6.07) is 25.0. The first-order chi connectivity index (χ1) is 18.6. The van der Waals surface area contributed by atoms with Crippen molar-refractivity contribution in [2.45, 2.75) is 63.6 Å². The number of hydrogen-bond acceptors (Lipinski definition) is 4. The summed E-state index contributed by atoms with van der Waals surface area (Å²) in [5.41, 5.74) is 2.99. The van der Waals surface area contributed by atoms with Crippen molar-refractivity contribution >= 4 is 21.8 Å². The number of rotatable bonds is 13. The molecule has 0 spiro atoms. The van der Waals surface area contributed by atoms with E-state index in [2.05, 4.69) is 5.32 Å². The van der Waals surface area contributed by atoms with Crippen molar-refractivity contribution in [2.75, 3.05) is 13.6 Å². The maximum atomic E-state index is 13.7. The minimum atomic E-state index is -3.65. The number of carbonyl (C=O) groups excluding carboxylic acids is 2. The van der Waals surface area contributed by atoms with Crippen LogP contribution in [0.25, 0.3) is 0 Å². The van der Waals surface area contributed by atoms with Crippen molar-refractivity contribution in [1.29, 1.82) is 0 Å². The topological polar surface area (TPSA) is 86.8 Å². The Kier molecular flexibility index (Phi) is 10.8. The van der Waals surface area contributed by atoms with E-state index in [-0.39, 0.29) is 42.3 Å². The maximum Gasteiger partial charge on any atom is 0.243 e. The summed E-state index contributed by atoms with van der Waals surface area (Å²) in [7, 11) is -2.13. The molecule has 0 saturated carbocycles. The molecule has 0 aliphatic carbocycles. The lowest BCUT2D eigenvalue weighted by atomic mass is 10.0. The van der Waals surface area contributed by atoms with Crippen LogP contribution in [0.2, 0.25) is 0 Å². The SMILES string of the molecule is Cc1ccc(CN(C(=O)CCCN(C)S(=O)(=O)c2ccccc2)[C@@H](Cc2ccccc2)C(=O)NC(C)C)cc1. The van der Waals surface area contributed by atoms with Crippen molar-refractivity contribution in [3.63, 3.8) is 0 Å². The molecule has 0 bridgehead atoms. The van der Waals surface area contributed by atoms with Crippen LogP contribution in [-0.2, 0) is 32.6 Å². The van der Waals surface area contributed by atoms with Gasteiger partial charge in [-0.3, -0.25) is 9.59 Å². The monoisotopic (exact) mass is 549 g/mol. The zero-order valence-electron chi connectivity index (χ0n) is 23.2. The maximum absolute atomic E-state index is 13.7. The standard InChI is InChI=1S/C31H39N3O4S/c1-24(2)32-31(36)29(22-26-12-7-5-8-13-26)34(23-27-19-17-25(3)18-20-27)30(35)16-11-21-33(4)39(37,38)28-14-9-6-10-15-28/h5-10,12-15,17-20,24,29H,11,16,21-23H2,1-4H3,(H,32,36)/t29-/m0/s1. The van der Waals surface area contributed by atoms with Crippen LogP contribution in [0.3, 0.4) is 0 Å². The number of nitrogens with one attached hydrogen (secondary N) is 1. The molecule has 0 aliphatic heterocycles. The Balaban J connectivity index is 1.81. The van der Waals surface area contributed by atoms with E-state index in [1.165, 1.54) is 11.4 Å². The summed E-state index contributed by atoms with van der Waals surface area (Å²) in [6.07, 6.45) is 0.815. The number of benzene rings is 3. The van der Waals surface area contributed by atoms with Crippen molar-refractivity contribution in [3.8, 4) is 0 Å². The van der Waals surface area contributed by atoms with Crippen LogP contribution in [0.1, 0.15) is 43.4 Å². The number of hydrogen-bond donors (Lipinski definition) is 1. The highest BCUT2D eigenvalue weighted by atomic mass is 32.2. The van der Waals surface area contributed by atoms with Gasteiger partial charge in [0.1, 0.15) is 6.04 Å². The van der Waals surface area contributed by atoms with Crippen LogP contribution in [0, 0.1) is 6.92 Å². The highest BCUT2D eigenvalue weighted by molar-refractivity contribution is 7.89. The molecule has 0 aliphatic rings. The van der Waals surface area contributed by atoms with Gasteiger partial charge in [-0.05, 0) is 50.5 Å². The molecule has 1 atom stereocenters. The first-order valence-corrected chi connectivity index (χ1v) is 14.7. The van der Waals surface area contributed by atoms with Crippen LogP contribution < -0.4 is 5.32 Å². The molecular weight excluding hydrogens is 510 g/mol. The summed E-state index contributed by atoms with van der Waals surface area (Å²) >= 11 is 0. The summed E-state index contributed by atoms with van der Waals surface area (Å²) in [6.45, 7) is 6.25. The Morgan fingerprint density at radius 3 is 2.03 bits per heavy atom. The third kappa shape index (κ3) is 8.76. The average molecular weight is 550 g/mol. The molecule has 0 aromatic heterocycles. The fraction of sp³-hybridized carbons (Fsp3) is 0.355. The largest absolute Gasteiger partial charge is 0.352 e. The van der Waals surface area contributed by atoms with Crippen molar-refractivity contribution in [3.05, 3.63) is 102 Å². The van der Waals surface area contributed by atoms with E-state index in [1.807, 2.05) is 75.4 Å². The Morgan fingerprint density at radius 2 is 1.44 bits per heavy atom. The molecule has 0 heterocycles. The van der Waals surface area contributed by atoms with E-state index >= 15 is 0 Å². The summed E-state index contributed by atoms with van der Waals surface area (Å²) < 4.78 is 27.1. The molecule has 0 radical (unpaired) electrons. The normalized spacial score (nSPS) is 12.4. The smallest absolute Gasteiger partial charge is 0.243 e. The lowest BCUT2D eigenvalue weighted by molar-refractivity contribution is -0.141. The Morgan fingerprint density at radius 1 is 0.846 bits per heavy atom. The van der Waals surface area contributed by atoms with Gasteiger partial charge in [-0.25, -0.2) is 12.7 Å². The number of amides is 2. The van der Waals surface area contributed by atoms with Gasteiger partial charge in [-0.2, -0.15) is 0 Å². The molecule has 7 nitrogen and oxygen atoms in total. The molecule has 8 heteroatoms. The number of nitrogens with zero attached hydrogens (tertiary/aromatic N) is 2. The predicted octanol–water partition coefficient (Wildman–Crippen LogP) is 4.56. The summed E-state index contributed by atoms with van der Waals surface area (Å²) in [5.74, 6) is -0.404. The molecule has 3 rings (SSSR count). The van der Waals surface area contributed by atoms with E-state index < -0.39 is 16.1 Å². The molecule has 2 amide bonds. The highest BCUT2D eigenvalue weighted by Crippen LogP contribution is 2.18. The molecule has 208 valence electrons. The van der Waals surface area contributed by atoms with Gasteiger partial charge >= 0.3 is 0 Å². The second kappa shape index (κ2) is 14.1. The predicted molar refractivity (Wildman–Crippen MR) is 154 cm³/mol. The van der Waals surface area contributed by atoms with Crippen LogP contribution in [0.15, 0.2) is 89.8 Å². The van der Waals surface area contributed by atoms with Gasteiger partial charge < -0.3 is 10.2 Å². The lowest BCUT2D eigenvalue weighted by Crippen LogP contribution is -2.51. The number of carbonyl (C=O) groups is 2.